The number of oxime groups is 1. The van der Waals surface area contributed by atoms with Gasteiger partial charge in [-0.1, -0.05) is 118 Å². The van der Waals surface area contributed by atoms with Crippen LogP contribution in [0.25, 0.3) is 5.57 Å². The Kier molecular flexibility index (Phi) is 12.2. The van der Waals surface area contributed by atoms with Crippen molar-refractivity contribution >= 4 is 32.5 Å². The molecule has 0 unspecified atom stereocenters. The lowest BCUT2D eigenvalue weighted by Gasteiger charge is -2.06. The highest BCUT2D eigenvalue weighted by Crippen LogP contribution is 2.35. The van der Waals surface area contributed by atoms with Gasteiger partial charge in [0.05, 0.1) is 5.57 Å². The predicted molar refractivity (Wildman–Crippen MR) is 158 cm³/mol. The summed E-state index contributed by atoms with van der Waals surface area (Å²) >= 11 is 1.21. The van der Waals surface area contributed by atoms with Crippen molar-refractivity contribution in [3.63, 3.8) is 0 Å². The molecule has 2 aromatic carbocycles. The van der Waals surface area contributed by atoms with Gasteiger partial charge in [0.15, 0.2) is 0 Å². The van der Waals surface area contributed by atoms with Crippen molar-refractivity contribution in [3.05, 3.63) is 82.3 Å². The second-order valence-electron chi connectivity index (χ2n) is 9.64. The summed E-state index contributed by atoms with van der Waals surface area (Å²) in [5.41, 5.74) is 3.48. The molecule has 0 spiro atoms. The molecule has 0 fully saturated rings. The third-order valence-corrected chi connectivity index (χ3v) is 8.72. The van der Waals surface area contributed by atoms with Gasteiger partial charge in [-0.25, -0.2) is 0 Å². The zero-order chi connectivity index (χ0) is 27.2. The SMILES string of the molecule is CCCCCCCCCCCCc1ccc(S(=O)(=O)O/N=C2C=C/C(=C(\C#N)c3ccccc3C)S\2)cc1. The van der Waals surface area contributed by atoms with Crippen LogP contribution < -0.4 is 0 Å². The minimum Gasteiger partial charge on any atom is -0.264 e. The summed E-state index contributed by atoms with van der Waals surface area (Å²) in [5, 5.41) is 13.9. The van der Waals surface area contributed by atoms with E-state index in [0.717, 1.165) is 29.5 Å². The second-order valence-corrected chi connectivity index (χ2v) is 12.2. The summed E-state index contributed by atoms with van der Waals surface area (Å²) < 4.78 is 30.3. The van der Waals surface area contributed by atoms with Crippen LogP contribution in [0.2, 0.25) is 0 Å². The maximum atomic E-state index is 12.7. The maximum Gasteiger partial charge on any atom is 0.358 e. The standard InChI is InChI=1S/C31H38N2O3S2/c1-3-4-5-6-7-8-9-10-11-12-16-26-18-20-27(21-19-26)38(34,35)36-33-31-23-22-30(37-31)29(24-32)28-17-14-13-15-25(28)2/h13-15,17-23H,3-12,16H2,1-2H3/b30-29-,33-31+. The van der Waals surface area contributed by atoms with Gasteiger partial charge in [0.2, 0.25) is 0 Å². The van der Waals surface area contributed by atoms with Gasteiger partial charge in [-0.2, -0.15) is 13.7 Å². The predicted octanol–water partition coefficient (Wildman–Crippen LogP) is 8.72. The van der Waals surface area contributed by atoms with E-state index in [-0.39, 0.29) is 4.90 Å². The van der Waals surface area contributed by atoms with Crippen molar-refractivity contribution in [2.45, 2.75) is 89.4 Å². The highest BCUT2D eigenvalue weighted by molar-refractivity contribution is 8.18. The number of nitriles is 1. The fourth-order valence-corrected chi connectivity index (χ4v) is 5.99. The van der Waals surface area contributed by atoms with Crippen molar-refractivity contribution in [1.82, 2.24) is 0 Å². The molecule has 0 amide bonds. The van der Waals surface area contributed by atoms with Gasteiger partial charge in [-0.15, -0.1) is 0 Å². The van der Waals surface area contributed by atoms with E-state index in [1.807, 2.05) is 43.3 Å². The Hall–Kier alpha value is -2.82. The van der Waals surface area contributed by atoms with Crippen LogP contribution in [0.4, 0.5) is 0 Å². The molecular formula is C31H38N2O3S2. The van der Waals surface area contributed by atoms with E-state index in [2.05, 4.69) is 18.1 Å². The third-order valence-electron chi connectivity index (χ3n) is 6.62. The van der Waals surface area contributed by atoms with Crippen LogP contribution in [-0.2, 0) is 20.8 Å². The van der Waals surface area contributed by atoms with Crippen LogP contribution in [0.3, 0.4) is 0 Å². The molecule has 0 saturated carbocycles. The highest BCUT2D eigenvalue weighted by atomic mass is 32.2. The number of benzene rings is 2. The minimum atomic E-state index is -4.03. The van der Waals surface area contributed by atoms with E-state index in [4.69, 9.17) is 4.28 Å². The van der Waals surface area contributed by atoms with E-state index < -0.39 is 10.1 Å². The summed E-state index contributed by atoms with van der Waals surface area (Å²) in [6, 6.07) is 16.8. The summed E-state index contributed by atoms with van der Waals surface area (Å²) in [4.78, 5) is 0.784. The molecule has 5 nitrogen and oxygen atoms in total. The van der Waals surface area contributed by atoms with E-state index in [1.54, 1.807) is 24.3 Å². The minimum absolute atomic E-state index is 0.0778. The van der Waals surface area contributed by atoms with Gasteiger partial charge in [-0.3, -0.25) is 4.28 Å². The largest absolute Gasteiger partial charge is 0.358 e. The van der Waals surface area contributed by atoms with E-state index in [1.165, 1.54) is 69.5 Å². The van der Waals surface area contributed by atoms with Crippen molar-refractivity contribution in [1.29, 1.82) is 5.26 Å². The Morgan fingerprint density at radius 3 is 2.16 bits per heavy atom. The molecular weight excluding hydrogens is 512 g/mol. The van der Waals surface area contributed by atoms with Crippen LogP contribution >= 0.6 is 11.8 Å². The molecule has 1 aliphatic rings. The van der Waals surface area contributed by atoms with Crippen LogP contribution in [0.15, 0.2) is 75.6 Å². The van der Waals surface area contributed by atoms with E-state index in [0.29, 0.717) is 15.5 Å². The van der Waals surface area contributed by atoms with Crippen LogP contribution in [0.5, 0.6) is 0 Å². The molecule has 0 N–H and O–H groups in total. The second kappa shape index (κ2) is 15.6. The summed E-state index contributed by atoms with van der Waals surface area (Å²) in [5.74, 6) is 0. The first-order chi connectivity index (χ1) is 18.4. The first kappa shape index (κ1) is 29.7. The van der Waals surface area contributed by atoms with Crippen LogP contribution in [0.1, 0.15) is 87.8 Å². The monoisotopic (exact) mass is 550 g/mol. The van der Waals surface area contributed by atoms with Crippen molar-refractivity contribution in [2.24, 2.45) is 5.16 Å². The number of aryl methyl sites for hydroxylation is 2. The topological polar surface area (TPSA) is 79.5 Å². The number of nitrogens with zero attached hydrogens (tertiary/aromatic N) is 2. The molecule has 1 heterocycles. The Labute approximate surface area is 232 Å². The van der Waals surface area contributed by atoms with Crippen molar-refractivity contribution in [2.75, 3.05) is 0 Å². The van der Waals surface area contributed by atoms with Crippen molar-refractivity contribution < 1.29 is 12.7 Å². The van der Waals surface area contributed by atoms with Gasteiger partial charge >= 0.3 is 10.1 Å². The molecule has 38 heavy (non-hydrogen) atoms. The smallest absolute Gasteiger partial charge is 0.264 e. The molecule has 0 aromatic heterocycles. The Morgan fingerprint density at radius 1 is 0.895 bits per heavy atom. The highest BCUT2D eigenvalue weighted by Gasteiger charge is 2.20. The van der Waals surface area contributed by atoms with Crippen LogP contribution in [-0.4, -0.2) is 13.5 Å². The maximum absolute atomic E-state index is 12.7. The normalized spacial score (nSPS) is 15.6. The zero-order valence-corrected chi connectivity index (χ0v) is 24.1. The third kappa shape index (κ3) is 9.18. The quantitative estimate of drug-likeness (QED) is 0.126. The molecule has 1 aliphatic heterocycles. The fraction of sp³-hybridized carbons (Fsp3) is 0.419. The number of hydrogen-bond donors (Lipinski definition) is 0. The lowest BCUT2D eigenvalue weighted by Crippen LogP contribution is -2.03. The Balaban J connectivity index is 1.46. The molecule has 0 saturated heterocycles. The molecule has 3 rings (SSSR count). The molecule has 202 valence electrons. The number of hydrogen-bond acceptors (Lipinski definition) is 6. The Morgan fingerprint density at radius 2 is 1.53 bits per heavy atom. The fourth-order valence-electron chi connectivity index (χ4n) is 4.38. The average Bonchev–Trinajstić information content (AvgIpc) is 3.39. The summed E-state index contributed by atoms with van der Waals surface area (Å²) in [6.45, 7) is 4.20. The van der Waals surface area contributed by atoms with Gasteiger partial charge in [-0.05, 0) is 60.7 Å². The van der Waals surface area contributed by atoms with Gasteiger partial charge in [0.25, 0.3) is 0 Å². The number of rotatable bonds is 15. The number of allylic oxidation sites excluding steroid dienone is 2. The lowest BCUT2D eigenvalue weighted by molar-refractivity contribution is 0.340. The van der Waals surface area contributed by atoms with Crippen molar-refractivity contribution in [3.8, 4) is 6.07 Å². The molecule has 2 aromatic rings. The molecule has 0 bridgehead atoms. The summed E-state index contributed by atoms with van der Waals surface area (Å²) in [6.07, 6.45) is 17.3. The van der Waals surface area contributed by atoms with E-state index >= 15 is 0 Å². The molecule has 0 aliphatic carbocycles. The molecule has 7 heteroatoms. The first-order valence-corrected chi connectivity index (χ1v) is 15.8. The van der Waals surface area contributed by atoms with Gasteiger partial charge in [0.1, 0.15) is 16.0 Å². The lowest BCUT2D eigenvalue weighted by atomic mass is 10.0. The number of unbranched alkanes of at least 4 members (excludes halogenated alkanes) is 9. The molecule has 0 atom stereocenters. The van der Waals surface area contributed by atoms with Gasteiger partial charge in [0, 0.05) is 4.91 Å². The Bertz CT molecular complexity index is 1290. The van der Waals surface area contributed by atoms with Crippen LogP contribution in [0, 0.1) is 18.3 Å². The summed E-state index contributed by atoms with van der Waals surface area (Å²) in [7, 11) is -4.03. The first-order valence-electron chi connectivity index (χ1n) is 13.6. The average molecular weight is 551 g/mol. The zero-order valence-electron chi connectivity index (χ0n) is 22.5. The molecule has 0 radical (unpaired) electrons. The number of thioether (sulfide) groups is 1. The van der Waals surface area contributed by atoms with E-state index in [9.17, 15) is 13.7 Å². The van der Waals surface area contributed by atoms with Gasteiger partial charge < -0.3 is 0 Å².